The van der Waals surface area contributed by atoms with Gasteiger partial charge in [-0.1, -0.05) is 69.4 Å². The summed E-state index contributed by atoms with van der Waals surface area (Å²) < 4.78 is 7.99. The molecule has 50 heavy (non-hydrogen) atoms. The summed E-state index contributed by atoms with van der Waals surface area (Å²) in [5.74, 6) is 0. The molecule has 4 aliphatic heterocycles. The molecule has 4 aliphatic rings. The highest BCUT2D eigenvalue weighted by Crippen LogP contribution is 2.36. The smallest absolute Gasteiger partial charge is 0.214 e. The van der Waals surface area contributed by atoms with Crippen molar-refractivity contribution < 1.29 is 0 Å². The summed E-state index contributed by atoms with van der Waals surface area (Å²) in [6.45, 7) is -0.0208. The third-order valence-corrected chi connectivity index (χ3v) is 11.3. The van der Waals surface area contributed by atoms with E-state index >= 15 is 0 Å². The minimum Gasteiger partial charge on any atom is -0.214 e. The molecule has 226 valence electrons. The van der Waals surface area contributed by atoms with Crippen LogP contribution in [-0.2, 0) is 0 Å². The van der Waals surface area contributed by atoms with Crippen LogP contribution in [0.15, 0.2) is 97.1 Å². The Morgan fingerprint density at radius 3 is 0.920 bits per heavy atom. The Balaban J connectivity index is 1.12. The fourth-order valence-electron chi connectivity index (χ4n) is 9.43. The van der Waals surface area contributed by atoms with Crippen molar-refractivity contribution in [1.29, 1.82) is 0 Å². The fraction of sp³-hybridized carbons (Fsp3) is 0. The van der Waals surface area contributed by atoms with Crippen LogP contribution in [0.3, 0.4) is 0 Å². The fourth-order valence-corrected chi connectivity index (χ4v) is 9.43. The molecule has 0 spiro atoms. The van der Waals surface area contributed by atoms with Gasteiger partial charge in [0, 0.05) is 0 Å². The van der Waals surface area contributed by atoms with E-state index in [1.807, 2.05) is 43.0 Å². The Hall–Kier alpha value is -6.95. The summed E-state index contributed by atoms with van der Waals surface area (Å²) in [5, 5.41) is 37.3. The molecular weight excluding hydrogens is 622 g/mol. The lowest BCUT2D eigenvalue weighted by Crippen LogP contribution is -2.59. The Morgan fingerprint density at radius 2 is 0.640 bits per heavy atom. The third kappa shape index (κ3) is 2.54. The van der Waals surface area contributed by atoms with Crippen molar-refractivity contribution in [3.63, 3.8) is 0 Å². The van der Waals surface area contributed by atoms with Crippen LogP contribution in [0.1, 0.15) is 0 Å². The van der Waals surface area contributed by atoms with Gasteiger partial charge < -0.3 is 0 Å². The molecule has 0 bridgehead atoms. The van der Waals surface area contributed by atoms with E-state index in [2.05, 4.69) is 93.2 Å². The van der Waals surface area contributed by atoms with Crippen molar-refractivity contribution >= 4 is 90.3 Å². The molecule has 8 heterocycles. The molecule has 6 aromatic carbocycles. The average molecular weight is 638 g/mol. The second kappa shape index (κ2) is 7.84. The van der Waals surface area contributed by atoms with E-state index < -0.39 is 0 Å². The summed E-state index contributed by atoms with van der Waals surface area (Å²) in [5.41, 5.74) is 20.5. The van der Waals surface area contributed by atoms with Gasteiger partial charge in [0.05, 0.1) is 44.8 Å². The van der Waals surface area contributed by atoms with Crippen molar-refractivity contribution in [2.45, 2.75) is 0 Å². The number of rotatable bonds is 1. The quantitative estimate of drug-likeness (QED) is 0.240. The number of hydrogen-bond acceptors (Lipinski definition) is 8. The molecule has 0 saturated carbocycles. The SMILES string of the molecule is c1cc2c3c(c1)nnn3-c1cc(-c3cc4c5c(c3)-n3nnc6cccc(c63)B5c3cccc5nnn-4c35)cc3c1B2c1cccc2nnn-3c12. The molecule has 14 rings (SSSR count). The normalized spacial score (nSPS) is 13.9. The van der Waals surface area contributed by atoms with Crippen molar-refractivity contribution in [2.24, 2.45) is 0 Å². The third-order valence-electron chi connectivity index (χ3n) is 11.3. The molecular formula is C36H16B2N12. The van der Waals surface area contributed by atoms with Crippen LogP contribution in [0.2, 0.25) is 0 Å². The second-order valence-corrected chi connectivity index (χ2v) is 13.6. The number of hydrogen-bond donors (Lipinski definition) is 0. The van der Waals surface area contributed by atoms with Crippen LogP contribution < -0.4 is 32.8 Å². The van der Waals surface area contributed by atoms with Crippen LogP contribution in [0, 0.1) is 0 Å². The van der Waals surface area contributed by atoms with Gasteiger partial charge >= 0.3 is 0 Å². The zero-order valence-electron chi connectivity index (χ0n) is 25.8. The van der Waals surface area contributed by atoms with E-state index in [4.69, 9.17) is 20.9 Å². The first-order valence-electron chi connectivity index (χ1n) is 16.6. The molecule has 0 N–H and O–H groups in total. The molecule has 4 aromatic heterocycles. The largest absolute Gasteiger partial charge is 0.252 e. The predicted molar refractivity (Wildman–Crippen MR) is 191 cm³/mol. The highest BCUT2D eigenvalue weighted by Gasteiger charge is 2.43. The van der Waals surface area contributed by atoms with Gasteiger partial charge in [-0.25, -0.2) is 18.7 Å². The lowest BCUT2D eigenvalue weighted by molar-refractivity contribution is 0.809. The summed E-state index contributed by atoms with van der Waals surface area (Å²) in [4.78, 5) is 0. The first-order valence-corrected chi connectivity index (χ1v) is 16.6. The molecule has 0 fully saturated rings. The number of benzene rings is 6. The lowest BCUT2D eigenvalue weighted by Gasteiger charge is -2.32. The van der Waals surface area contributed by atoms with Crippen LogP contribution in [-0.4, -0.2) is 73.4 Å². The van der Waals surface area contributed by atoms with E-state index in [1.54, 1.807) is 0 Å². The van der Waals surface area contributed by atoms with Crippen LogP contribution >= 0.6 is 0 Å². The second-order valence-electron chi connectivity index (χ2n) is 13.6. The van der Waals surface area contributed by atoms with Crippen LogP contribution in [0.25, 0.3) is 78.0 Å². The van der Waals surface area contributed by atoms with Crippen molar-refractivity contribution in [2.75, 3.05) is 0 Å². The Labute approximate surface area is 280 Å². The highest BCUT2D eigenvalue weighted by molar-refractivity contribution is 7.00. The van der Waals surface area contributed by atoms with Crippen molar-refractivity contribution in [3.8, 4) is 33.9 Å². The van der Waals surface area contributed by atoms with Gasteiger partial charge in [0.25, 0.3) is 13.4 Å². The molecule has 0 radical (unpaired) electrons. The minimum absolute atomic E-state index is 0.0104. The molecule has 12 nitrogen and oxygen atoms in total. The van der Waals surface area contributed by atoms with Gasteiger partial charge in [0.1, 0.15) is 22.1 Å². The molecule has 14 heteroatoms. The standard InChI is InChI=1S/C36H16B2N12/c1-5-19-33-23(9-1)39-43-47(33)27-13-17(14-28-31(27)37(19)20-6-2-10-24-34(20)48(28)44-40-24)18-15-29-32-30(16-18)50-36-22(8-4-12-26(36)42-46-50)38(32)21-7-3-11-25-35(21)49(29)45-41-25/h1-16H. The summed E-state index contributed by atoms with van der Waals surface area (Å²) in [6.07, 6.45) is 0. The van der Waals surface area contributed by atoms with E-state index in [0.717, 1.165) is 88.9 Å². The molecule has 0 unspecified atom stereocenters. The molecule has 10 aromatic rings. The minimum atomic E-state index is -0.0104. The predicted octanol–water partition coefficient (Wildman–Crippen LogP) is 0.575. The maximum atomic E-state index is 4.72. The van der Waals surface area contributed by atoms with Gasteiger partial charge in [0.15, 0.2) is 0 Å². The summed E-state index contributed by atoms with van der Waals surface area (Å²) in [7, 11) is 0. The van der Waals surface area contributed by atoms with Gasteiger partial charge in [-0.2, -0.15) is 0 Å². The molecule has 0 atom stereocenters. The number of aromatic nitrogens is 12. The monoisotopic (exact) mass is 638 g/mol. The van der Waals surface area contributed by atoms with Crippen LogP contribution in [0.5, 0.6) is 0 Å². The zero-order valence-corrected chi connectivity index (χ0v) is 25.8. The van der Waals surface area contributed by atoms with Gasteiger partial charge in [-0.15, -0.1) is 20.4 Å². The van der Waals surface area contributed by atoms with E-state index in [-0.39, 0.29) is 13.4 Å². The van der Waals surface area contributed by atoms with E-state index in [1.165, 1.54) is 21.9 Å². The van der Waals surface area contributed by atoms with Gasteiger partial charge in [-0.3, -0.25) is 0 Å². The topological polar surface area (TPSA) is 123 Å². The van der Waals surface area contributed by atoms with Crippen LogP contribution in [0.4, 0.5) is 0 Å². The molecule has 0 saturated heterocycles. The van der Waals surface area contributed by atoms with Crippen molar-refractivity contribution in [3.05, 3.63) is 97.1 Å². The summed E-state index contributed by atoms with van der Waals surface area (Å²) >= 11 is 0. The van der Waals surface area contributed by atoms with E-state index in [0.29, 0.717) is 0 Å². The number of para-hydroxylation sites is 4. The molecule has 0 amide bonds. The van der Waals surface area contributed by atoms with Gasteiger partial charge in [0.2, 0.25) is 0 Å². The van der Waals surface area contributed by atoms with Crippen molar-refractivity contribution in [1.82, 2.24) is 60.0 Å². The van der Waals surface area contributed by atoms with Gasteiger partial charge in [-0.05, 0) is 92.4 Å². The highest BCUT2D eigenvalue weighted by atomic mass is 15.5. The lowest BCUT2D eigenvalue weighted by atomic mass is 9.34. The Kier molecular flexibility index (Phi) is 3.80. The average Bonchev–Trinajstić information content (AvgIpc) is 3.97. The maximum Gasteiger partial charge on any atom is 0.252 e. The number of nitrogens with zero attached hydrogens (tertiary/aromatic N) is 12. The first-order chi connectivity index (χ1) is 24.8. The first kappa shape index (κ1) is 24.2. The summed E-state index contributed by atoms with van der Waals surface area (Å²) in [6, 6.07) is 34.2. The Bertz CT molecular complexity index is 2840. The molecule has 0 aliphatic carbocycles. The van der Waals surface area contributed by atoms with E-state index in [9.17, 15) is 0 Å². The maximum absolute atomic E-state index is 4.72. The number of fused-ring (bicyclic) bond motifs is 8. The Morgan fingerprint density at radius 1 is 0.360 bits per heavy atom. The zero-order chi connectivity index (χ0) is 32.0.